The van der Waals surface area contributed by atoms with Crippen molar-refractivity contribution in [1.82, 2.24) is 0 Å². The van der Waals surface area contributed by atoms with Crippen LogP contribution in [0, 0.1) is 0 Å². The Morgan fingerprint density at radius 2 is 2.00 bits per heavy atom. The molecule has 0 radical (unpaired) electrons. The second kappa shape index (κ2) is 3.96. The minimum atomic E-state index is -1.22. The number of aliphatic carboxylic acids is 1. The molecule has 0 aromatic heterocycles. The van der Waals surface area contributed by atoms with Crippen LogP contribution in [0.1, 0.15) is 5.56 Å². The number of phenols is 1. The number of carboxylic acids is 1. The van der Waals surface area contributed by atoms with Gasteiger partial charge in [-0.2, -0.15) is 0 Å². The van der Waals surface area contributed by atoms with Gasteiger partial charge in [-0.05, 0) is 12.1 Å². The van der Waals surface area contributed by atoms with Gasteiger partial charge in [0.15, 0.2) is 0 Å². The van der Waals surface area contributed by atoms with E-state index in [9.17, 15) is 9.90 Å². The summed E-state index contributed by atoms with van der Waals surface area (Å²) in [6.45, 7) is 0. The van der Waals surface area contributed by atoms with Gasteiger partial charge in [0.1, 0.15) is 10.8 Å². The molecule has 68 valence electrons. The molecule has 0 spiro atoms. The van der Waals surface area contributed by atoms with Crippen molar-refractivity contribution in [3.8, 4) is 5.75 Å². The quantitative estimate of drug-likeness (QED) is 0.716. The van der Waals surface area contributed by atoms with Gasteiger partial charge >= 0.3 is 5.97 Å². The zero-order valence-electron chi connectivity index (χ0n) is 6.57. The summed E-state index contributed by atoms with van der Waals surface area (Å²) in [5.74, 6) is -1.22. The summed E-state index contributed by atoms with van der Waals surface area (Å²) in [6.07, 6.45) is 1.19. The largest absolute Gasteiger partial charge is 0.507 e. The summed E-state index contributed by atoms with van der Waals surface area (Å²) < 4.78 is 0. The number of aromatic hydroxyl groups is 1. The molecular weight excluding hydrogens is 192 g/mol. The van der Waals surface area contributed by atoms with Crippen molar-refractivity contribution in [3.63, 3.8) is 0 Å². The third-order valence-corrected chi connectivity index (χ3v) is 1.69. The fourth-order valence-electron chi connectivity index (χ4n) is 0.808. The van der Waals surface area contributed by atoms with Crippen LogP contribution in [0.15, 0.2) is 29.3 Å². The van der Waals surface area contributed by atoms with Gasteiger partial charge in [0.2, 0.25) is 0 Å². The number of benzene rings is 1. The van der Waals surface area contributed by atoms with E-state index >= 15 is 0 Å². The lowest BCUT2D eigenvalue weighted by molar-refractivity contribution is -0.131. The van der Waals surface area contributed by atoms with E-state index in [1.807, 2.05) is 0 Å². The Morgan fingerprint density at radius 3 is 2.54 bits per heavy atom. The third-order valence-electron chi connectivity index (χ3n) is 1.42. The zero-order chi connectivity index (χ0) is 9.84. The average Bonchev–Trinajstić information content (AvgIpc) is 2.08. The Morgan fingerprint density at radius 1 is 1.38 bits per heavy atom. The SMILES string of the molecule is O=C(O)C(Cl)=Cc1ccccc1O. The molecule has 0 aliphatic heterocycles. The number of para-hydroxylation sites is 1. The second-order valence-corrected chi connectivity index (χ2v) is 2.76. The van der Waals surface area contributed by atoms with Crippen LogP contribution in [-0.2, 0) is 4.79 Å². The molecule has 13 heavy (non-hydrogen) atoms. The molecule has 3 nitrogen and oxygen atoms in total. The number of hydrogen-bond acceptors (Lipinski definition) is 2. The lowest BCUT2D eigenvalue weighted by Crippen LogP contribution is -1.92. The maximum absolute atomic E-state index is 10.3. The van der Waals surface area contributed by atoms with Crippen molar-refractivity contribution in [2.75, 3.05) is 0 Å². The Labute approximate surface area is 79.9 Å². The molecule has 1 aromatic carbocycles. The molecular formula is C9H7ClO3. The summed E-state index contributed by atoms with van der Waals surface area (Å²) in [6, 6.07) is 6.34. The van der Waals surface area contributed by atoms with E-state index in [2.05, 4.69) is 0 Å². The standard InChI is InChI=1S/C9H7ClO3/c10-7(9(12)13)5-6-3-1-2-4-8(6)11/h1-5,11H,(H,12,13). The molecule has 0 saturated heterocycles. The van der Waals surface area contributed by atoms with Gasteiger partial charge < -0.3 is 10.2 Å². The summed E-state index contributed by atoms with van der Waals surface area (Å²) in [4.78, 5) is 10.3. The van der Waals surface area contributed by atoms with Crippen LogP contribution >= 0.6 is 11.6 Å². The van der Waals surface area contributed by atoms with Gasteiger partial charge in [-0.1, -0.05) is 29.8 Å². The molecule has 4 heteroatoms. The van der Waals surface area contributed by atoms with Crippen molar-refractivity contribution in [2.24, 2.45) is 0 Å². The van der Waals surface area contributed by atoms with E-state index in [1.165, 1.54) is 12.1 Å². The van der Waals surface area contributed by atoms with Gasteiger partial charge in [-0.15, -0.1) is 0 Å². The molecule has 0 saturated carbocycles. The number of phenolic OH excluding ortho intramolecular Hbond substituents is 1. The fraction of sp³-hybridized carbons (Fsp3) is 0. The Bertz CT molecular complexity index is 358. The second-order valence-electron chi connectivity index (χ2n) is 2.36. The van der Waals surface area contributed by atoms with Crippen LogP contribution < -0.4 is 0 Å². The van der Waals surface area contributed by atoms with Crippen LogP contribution in [-0.4, -0.2) is 16.2 Å². The number of hydrogen-bond donors (Lipinski definition) is 2. The smallest absolute Gasteiger partial charge is 0.347 e. The minimum absolute atomic E-state index is 0.00176. The molecule has 0 unspecified atom stereocenters. The molecule has 0 aliphatic carbocycles. The highest BCUT2D eigenvalue weighted by atomic mass is 35.5. The van der Waals surface area contributed by atoms with Crippen molar-refractivity contribution in [1.29, 1.82) is 0 Å². The topological polar surface area (TPSA) is 57.5 Å². The molecule has 1 aromatic rings. The number of rotatable bonds is 2. The number of halogens is 1. The maximum Gasteiger partial charge on any atom is 0.347 e. The molecule has 2 N–H and O–H groups in total. The first-order valence-corrected chi connectivity index (χ1v) is 3.87. The van der Waals surface area contributed by atoms with Crippen LogP contribution in [0.2, 0.25) is 0 Å². The highest BCUT2D eigenvalue weighted by Crippen LogP contribution is 2.20. The molecule has 0 bridgehead atoms. The third kappa shape index (κ3) is 2.49. The van der Waals surface area contributed by atoms with Gasteiger partial charge in [-0.3, -0.25) is 0 Å². The van der Waals surface area contributed by atoms with E-state index in [4.69, 9.17) is 16.7 Å². The van der Waals surface area contributed by atoms with E-state index in [-0.39, 0.29) is 10.8 Å². The predicted octanol–water partition coefficient (Wildman–Crippen LogP) is 2.06. The van der Waals surface area contributed by atoms with Gasteiger partial charge in [0.05, 0.1) is 0 Å². The fourth-order valence-corrected chi connectivity index (χ4v) is 0.925. The highest BCUT2D eigenvalue weighted by Gasteiger charge is 2.04. The summed E-state index contributed by atoms with van der Waals surface area (Å²) in [7, 11) is 0. The lowest BCUT2D eigenvalue weighted by atomic mass is 10.2. The molecule has 0 atom stereocenters. The van der Waals surface area contributed by atoms with E-state index in [1.54, 1.807) is 18.2 Å². The summed E-state index contributed by atoms with van der Waals surface area (Å²) in [5.41, 5.74) is 0.384. The van der Waals surface area contributed by atoms with Gasteiger partial charge in [0.25, 0.3) is 0 Å². The van der Waals surface area contributed by atoms with Crippen LogP contribution in [0.4, 0.5) is 0 Å². The molecule has 1 rings (SSSR count). The van der Waals surface area contributed by atoms with Crippen LogP contribution in [0.3, 0.4) is 0 Å². The molecule has 0 heterocycles. The molecule has 0 amide bonds. The highest BCUT2D eigenvalue weighted by molar-refractivity contribution is 6.43. The van der Waals surface area contributed by atoms with Crippen LogP contribution in [0.25, 0.3) is 6.08 Å². The Hall–Kier alpha value is -1.48. The Kier molecular flexibility index (Phi) is 2.93. The van der Waals surface area contributed by atoms with E-state index < -0.39 is 5.97 Å². The zero-order valence-corrected chi connectivity index (χ0v) is 7.32. The average molecular weight is 199 g/mol. The van der Waals surface area contributed by atoms with E-state index in [0.29, 0.717) is 5.56 Å². The van der Waals surface area contributed by atoms with Crippen molar-refractivity contribution < 1.29 is 15.0 Å². The van der Waals surface area contributed by atoms with Crippen LogP contribution in [0.5, 0.6) is 5.75 Å². The molecule has 0 fully saturated rings. The van der Waals surface area contributed by atoms with Crippen molar-refractivity contribution >= 4 is 23.6 Å². The normalized spacial score (nSPS) is 11.3. The first-order chi connectivity index (χ1) is 6.11. The van der Waals surface area contributed by atoms with Crippen molar-refractivity contribution in [3.05, 3.63) is 34.9 Å². The molecule has 0 aliphatic rings. The lowest BCUT2D eigenvalue weighted by Gasteiger charge is -1.97. The minimum Gasteiger partial charge on any atom is -0.507 e. The summed E-state index contributed by atoms with van der Waals surface area (Å²) in [5, 5.41) is 17.4. The van der Waals surface area contributed by atoms with Gasteiger partial charge in [-0.25, -0.2) is 4.79 Å². The Balaban J connectivity index is 3.04. The van der Waals surface area contributed by atoms with Gasteiger partial charge in [0, 0.05) is 5.56 Å². The summed E-state index contributed by atoms with van der Waals surface area (Å²) >= 11 is 5.37. The van der Waals surface area contributed by atoms with E-state index in [0.717, 1.165) is 0 Å². The number of carbonyl (C=O) groups is 1. The van der Waals surface area contributed by atoms with Crippen molar-refractivity contribution in [2.45, 2.75) is 0 Å². The maximum atomic E-state index is 10.3. The first-order valence-electron chi connectivity index (χ1n) is 3.50. The monoisotopic (exact) mass is 198 g/mol. The first kappa shape index (κ1) is 9.61. The predicted molar refractivity (Wildman–Crippen MR) is 49.6 cm³/mol. The number of carboxylic acid groups (broad SMARTS) is 1.